The second-order valence-electron chi connectivity index (χ2n) is 6.80. The van der Waals surface area contributed by atoms with E-state index in [0.29, 0.717) is 18.7 Å². The summed E-state index contributed by atoms with van der Waals surface area (Å²) in [6, 6.07) is 3.41. The molecule has 0 unspecified atom stereocenters. The summed E-state index contributed by atoms with van der Waals surface area (Å²) in [6.07, 6.45) is -3.92. The van der Waals surface area contributed by atoms with Gasteiger partial charge in [0.15, 0.2) is 6.61 Å². The van der Waals surface area contributed by atoms with Crippen LogP contribution in [0.1, 0.15) is 41.0 Å². The highest BCUT2D eigenvalue weighted by atomic mass is 19.4. The molecule has 0 radical (unpaired) electrons. The molecule has 31 heavy (non-hydrogen) atoms. The van der Waals surface area contributed by atoms with E-state index in [9.17, 15) is 31.5 Å². The first-order valence-electron chi connectivity index (χ1n) is 8.86. The molecule has 0 saturated heterocycles. The molecular weight excluding hydrogens is 427 g/mol. The summed E-state index contributed by atoms with van der Waals surface area (Å²) >= 11 is 0. The summed E-state index contributed by atoms with van der Waals surface area (Å²) < 4.78 is 70.1. The zero-order valence-corrected chi connectivity index (χ0v) is 16.7. The van der Waals surface area contributed by atoms with E-state index < -0.39 is 42.0 Å². The van der Waals surface area contributed by atoms with Gasteiger partial charge in [-0.25, -0.2) is 18.7 Å². The Morgan fingerprint density at radius 3 is 2.39 bits per heavy atom. The lowest BCUT2D eigenvalue weighted by atomic mass is 10.1. The van der Waals surface area contributed by atoms with Crippen molar-refractivity contribution in [1.82, 2.24) is 15.3 Å². The molecule has 0 saturated carbocycles. The van der Waals surface area contributed by atoms with Gasteiger partial charge < -0.3 is 15.4 Å². The molecule has 2 heterocycles. The SMILES string of the molecule is CC(=O)Nc1cc(C(=O)NCc2cnc(OCC(C)(F)F)c(C(F)(F)F)c2)cc(C)n1. The van der Waals surface area contributed by atoms with Crippen LogP contribution < -0.4 is 15.4 Å². The molecule has 168 valence electrons. The molecule has 2 aromatic rings. The molecule has 2 aromatic heterocycles. The van der Waals surface area contributed by atoms with Crippen LogP contribution in [-0.2, 0) is 17.5 Å². The second kappa shape index (κ2) is 9.23. The van der Waals surface area contributed by atoms with E-state index in [2.05, 4.69) is 25.3 Å². The van der Waals surface area contributed by atoms with Crippen molar-refractivity contribution < 1.29 is 36.3 Å². The van der Waals surface area contributed by atoms with Crippen LogP contribution in [0.3, 0.4) is 0 Å². The second-order valence-corrected chi connectivity index (χ2v) is 6.80. The largest absolute Gasteiger partial charge is 0.471 e. The van der Waals surface area contributed by atoms with Gasteiger partial charge in [0.05, 0.1) is 0 Å². The summed E-state index contributed by atoms with van der Waals surface area (Å²) in [7, 11) is 0. The number of hydrogen-bond acceptors (Lipinski definition) is 5. The summed E-state index contributed by atoms with van der Waals surface area (Å²) in [4.78, 5) is 31.0. The molecule has 2 rings (SSSR count). The van der Waals surface area contributed by atoms with Gasteiger partial charge in [-0.2, -0.15) is 13.2 Å². The number of anilines is 1. The predicted octanol–water partition coefficient (Wildman–Crippen LogP) is 3.73. The maximum Gasteiger partial charge on any atom is 0.421 e. The molecule has 0 aliphatic heterocycles. The topological polar surface area (TPSA) is 93.2 Å². The van der Waals surface area contributed by atoms with Crippen LogP contribution in [0.25, 0.3) is 0 Å². The third kappa shape index (κ3) is 7.46. The number of rotatable bonds is 7. The minimum atomic E-state index is -4.90. The Kier molecular flexibility index (Phi) is 7.13. The quantitative estimate of drug-likeness (QED) is 0.633. The Labute approximate surface area is 174 Å². The van der Waals surface area contributed by atoms with Crippen molar-refractivity contribution in [3.8, 4) is 5.88 Å². The van der Waals surface area contributed by atoms with Crippen molar-refractivity contribution in [2.45, 2.75) is 39.4 Å². The van der Waals surface area contributed by atoms with Crippen LogP contribution in [0.4, 0.5) is 27.8 Å². The molecule has 2 N–H and O–H groups in total. The van der Waals surface area contributed by atoms with Crippen LogP contribution in [0.2, 0.25) is 0 Å². The number of hydrogen-bond donors (Lipinski definition) is 2. The molecule has 2 amide bonds. The van der Waals surface area contributed by atoms with Gasteiger partial charge in [-0.05, 0) is 30.7 Å². The number of carbonyl (C=O) groups excluding carboxylic acids is 2. The monoisotopic (exact) mass is 446 g/mol. The van der Waals surface area contributed by atoms with E-state index in [4.69, 9.17) is 0 Å². The molecule has 0 bridgehead atoms. The highest BCUT2D eigenvalue weighted by Gasteiger charge is 2.36. The van der Waals surface area contributed by atoms with Gasteiger partial charge in [0.25, 0.3) is 11.8 Å². The number of carbonyl (C=O) groups is 2. The van der Waals surface area contributed by atoms with E-state index >= 15 is 0 Å². The predicted molar refractivity (Wildman–Crippen MR) is 99.8 cm³/mol. The van der Waals surface area contributed by atoms with Gasteiger partial charge in [0.1, 0.15) is 11.4 Å². The van der Waals surface area contributed by atoms with Crippen molar-refractivity contribution in [3.63, 3.8) is 0 Å². The summed E-state index contributed by atoms with van der Waals surface area (Å²) in [6.45, 7) is 1.78. The molecule has 0 fully saturated rings. The Morgan fingerprint density at radius 1 is 1.13 bits per heavy atom. The minimum absolute atomic E-state index is 0.0239. The fourth-order valence-electron chi connectivity index (χ4n) is 2.43. The fraction of sp³-hybridized carbons (Fsp3) is 0.368. The van der Waals surface area contributed by atoms with Crippen molar-refractivity contribution in [3.05, 3.63) is 46.8 Å². The van der Waals surface area contributed by atoms with E-state index in [1.54, 1.807) is 6.92 Å². The summed E-state index contributed by atoms with van der Waals surface area (Å²) in [5, 5.41) is 4.86. The van der Waals surface area contributed by atoms with E-state index in [1.165, 1.54) is 19.1 Å². The first kappa shape index (κ1) is 24.0. The van der Waals surface area contributed by atoms with Crippen molar-refractivity contribution in [2.24, 2.45) is 0 Å². The van der Waals surface area contributed by atoms with Gasteiger partial charge >= 0.3 is 6.18 Å². The van der Waals surface area contributed by atoms with Crippen LogP contribution in [0.5, 0.6) is 5.88 Å². The highest BCUT2D eigenvalue weighted by molar-refractivity contribution is 5.96. The third-order valence-electron chi connectivity index (χ3n) is 3.65. The maximum atomic E-state index is 13.3. The maximum absolute atomic E-state index is 13.3. The average molecular weight is 446 g/mol. The molecule has 0 spiro atoms. The highest BCUT2D eigenvalue weighted by Crippen LogP contribution is 2.36. The lowest BCUT2D eigenvalue weighted by molar-refractivity contribution is -0.140. The van der Waals surface area contributed by atoms with Gasteiger partial charge in [-0.15, -0.1) is 0 Å². The number of ether oxygens (including phenoxy) is 1. The zero-order valence-electron chi connectivity index (χ0n) is 16.7. The molecule has 0 aromatic carbocycles. The fourth-order valence-corrected chi connectivity index (χ4v) is 2.43. The van der Waals surface area contributed by atoms with Crippen LogP contribution in [-0.4, -0.2) is 34.3 Å². The number of pyridine rings is 2. The first-order valence-corrected chi connectivity index (χ1v) is 8.86. The van der Waals surface area contributed by atoms with Crippen LogP contribution >= 0.6 is 0 Å². The van der Waals surface area contributed by atoms with Crippen molar-refractivity contribution >= 4 is 17.6 Å². The van der Waals surface area contributed by atoms with Crippen molar-refractivity contribution in [2.75, 3.05) is 11.9 Å². The number of nitrogens with one attached hydrogen (secondary N) is 2. The standard InChI is InChI=1S/C19H19F5N4O3/c1-10-4-13(6-15(27-10)28-11(2)29)16(30)25-7-12-5-14(19(22,23)24)17(26-8-12)31-9-18(3,20)21/h4-6,8H,7,9H2,1-3H3,(H,25,30)(H,27,28,29). The first-order chi connectivity index (χ1) is 14.2. The van der Waals surface area contributed by atoms with Gasteiger partial charge in [-0.1, -0.05) is 0 Å². The van der Waals surface area contributed by atoms with E-state index in [0.717, 1.165) is 6.20 Å². The van der Waals surface area contributed by atoms with Gasteiger partial charge in [0.2, 0.25) is 11.8 Å². The minimum Gasteiger partial charge on any atom is -0.471 e. The van der Waals surface area contributed by atoms with Crippen LogP contribution in [0.15, 0.2) is 24.4 Å². The number of halogens is 5. The van der Waals surface area contributed by atoms with E-state index in [1.807, 2.05) is 0 Å². The molecule has 0 aliphatic rings. The third-order valence-corrected chi connectivity index (χ3v) is 3.65. The number of amides is 2. The molecular formula is C19H19F5N4O3. The summed E-state index contributed by atoms with van der Waals surface area (Å²) in [5.41, 5.74) is -0.794. The van der Waals surface area contributed by atoms with Gasteiger partial charge in [-0.3, -0.25) is 9.59 Å². The number of alkyl halides is 5. The lowest BCUT2D eigenvalue weighted by Gasteiger charge is -2.16. The molecule has 12 heteroatoms. The summed E-state index contributed by atoms with van der Waals surface area (Å²) in [5.74, 6) is -5.19. The zero-order chi connectivity index (χ0) is 23.4. The van der Waals surface area contributed by atoms with Gasteiger partial charge in [0, 0.05) is 37.8 Å². The average Bonchev–Trinajstić information content (AvgIpc) is 2.62. The van der Waals surface area contributed by atoms with E-state index in [-0.39, 0.29) is 23.5 Å². The number of nitrogens with zero attached hydrogens (tertiary/aromatic N) is 2. The molecule has 7 nitrogen and oxygen atoms in total. The van der Waals surface area contributed by atoms with Crippen LogP contribution in [0, 0.1) is 6.92 Å². The number of aromatic nitrogens is 2. The lowest BCUT2D eigenvalue weighted by Crippen LogP contribution is -2.25. The smallest absolute Gasteiger partial charge is 0.421 e. The Balaban J connectivity index is 2.17. The van der Waals surface area contributed by atoms with Crippen molar-refractivity contribution in [1.29, 1.82) is 0 Å². The Bertz CT molecular complexity index is 974. The number of aryl methyl sites for hydroxylation is 1. The molecule has 0 atom stereocenters. The Hall–Kier alpha value is -3.31. The normalized spacial score (nSPS) is 11.7. The Morgan fingerprint density at radius 2 is 1.81 bits per heavy atom. The molecule has 0 aliphatic carbocycles.